The smallest absolute Gasteiger partial charge is 0.271 e. The van der Waals surface area contributed by atoms with E-state index >= 15 is 0 Å². The molecule has 0 aliphatic heterocycles. The molecule has 6 nitrogen and oxygen atoms in total. The fraction of sp³-hybridized carbons (Fsp3) is 0.455. The van der Waals surface area contributed by atoms with E-state index < -0.39 is 0 Å². The second kappa shape index (κ2) is 7.45. The van der Waals surface area contributed by atoms with Crippen molar-refractivity contribution in [2.24, 2.45) is 5.73 Å². The van der Waals surface area contributed by atoms with Crippen molar-refractivity contribution in [3.8, 4) is 0 Å². The molecule has 1 aromatic rings. The van der Waals surface area contributed by atoms with Gasteiger partial charge in [0.05, 0.1) is 19.2 Å². The summed E-state index contributed by atoms with van der Waals surface area (Å²) in [5, 5.41) is 2.75. The van der Waals surface area contributed by atoms with E-state index in [1.807, 2.05) is 0 Å². The fourth-order valence-electron chi connectivity index (χ4n) is 1.28. The van der Waals surface area contributed by atoms with Gasteiger partial charge in [0.25, 0.3) is 5.91 Å². The average Bonchev–Trinajstić information content (AvgIpc) is 2.78. The number of imidazole rings is 1. The summed E-state index contributed by atoms with van der Waals surface area (Å²) in [4.78, 5) is 15.6. The lowest BCUT2D eigenvalue weighted by atomic mass is 10.4. The van der Waals surface area contributed by atoms with Gasteiger partial charge < -0.3 is 20.4 Å². The van der Waals surface area contributed by atoms with E-state index in [0.717, 1.165) is 6.42 Å². The molecule has 3 N–H and O–H groups in total. The van der Waals surface area contributed by atoms with Crippen LogP contribution in [0.5, 0.6) is 0 Å². The van der Waals surface area contributed by atoms with E-state index in [9.17, 15) is 4.79 Å². The van der Waals surface area contributed by atoms with Crippen LogP contribution in [0.2, 0.25) is 0 Å². The van der Waals surface area contributed by atoms with Crippen LogP contribution in [0, 0.1) is 0 Å². The minimum Gasteiger partial charge on any atom is -0.502 e. The number of hydrogen-bond donors (Lipinski definition) is 2. The van der Waals surface area contributed by atoms with E-state index in [0.29, 0.717) is 31.9 Å². The molecule has 0 bridgehead atoms. The number of amides is 1. The first-order valence-corrected chi connectivity index (χ1v) is 5.50. The number of nitrogens with two attached hydrogens (primary N) is 1. The molecular weight excluding hydrogens is 220 g/mol. The van der Waals surface area contributed by atoms with Gasteiger partial charge >= 0.3 is 0 Å². The predicted molar refractivity (Wildman–Crippen MR) is 64.4 cm³/mol. The van der Waals surface area contributed by atoms with Crippen molar-refractivity contribution < 1.29 is 9.53 Å². The zero-order valence-corrected chi connectivity index (χ0v) is 9.76. The van der Waals surface area contributed by atoms with E-state index in [1.165, 1.54) is 6.26 Å². The van der Waals surface area contributed by atoms with E-state index in [2.05, 4.69) is 16.9 Å². The van der Waals surface area contributed by atoms with Crippen LogP contribution in [-0.2, 0) is 11.3 Å². The summed E-state index contributed by atoms with van der Waals surface area (Å²) < 4.78 is 6.72. The van der Waals surface area contributed by atoms with Crippen molar-refractivity contribution in [2.75, 3.05) is 19.7 Å². The Labute approximate surface area is 100 Å². The summed E-state index contributed by atoms with van der Waals surface area (Å²) >= 11 is 0. The van der Waals surface area contributed by atoms with Crippen molar-refractivity contribution in [3.05, 3.63) is 31.1 Å². The van der Waals surface area contributed by atoms with Crippen LogP contribution in [0.1, 0.15) is 16.9 Å². The molecular formula is C11H18N4O2. The van der Waals surface area contributed by atoms with Crippen molar-refractivity contribution in [2.45, 2.75) is 13.0 Å². The Kier molecular flexibility index (Phi) is 5.81. The summed E-state index contributed by atoms with van der Waals surface area (Å²) in [7, 11) is 0. The largest absolute Gasteiger partial charge is 0.502 e. The zero-order valence-electron chi connectivity index (χ0n) is 9.76. The van der Waals surface area contributed by atoms with Crippen molar-refractivity contribution >= 4 is 5.91 Å². The summed E-state index contributed by atoms with van der Waals surface area (Å²) in [5.41, 5.74) is 5.81. The molecule has 17 heavy (non-hydrogen) atoms. The van der Waals surface area contributed by atoms with Crippen LogP contribution in [0.3, 0.4) is 0 Å². The third kappa shape index (κ3) is 4.69. The van der Waals surface area contributed by atoms with Gasteiger partial charge in [-0.1, -0.05) is 6.58 Å². The number of aromatic nitrogens is 2. The molecule has 0 fully saturated rings. The SMILES string of the molecule is C=COCCCNC(=O)c1cn(CCN)cn1. The first kappa shape index (κ1) is 13.2. The van der Waals surface area contributed by atoms with Crippen LogP contribution in [-0.4, -0.2) is 35.2 Å². The maximum absolute atomic E-state index is 11.6. The first-order chi connectivity index (χ1) is 8.27. The maximum atomic E-state index is 11.6. The molecule has 0 atom stereocenters. The first-order valence-electron chi connectivity index (χ1n) is 5.50. The van der Waals surface area contributed by atoms with E-state index in [1.54, 1.807) is 17.1 Å². The average molecular weight is 238 g/mol. The zero-order chi connectivity index (χ0) is 12.5. The maximum Gasteiger partial charge on any atom is 0.271 e. The van der Waals surface area contributed by atoms with Gasteiger partial charge in [-0.15, -0.1) is 0 Å². The molecule has 1 rings (SSSR count). The van der Waals surface area contributed by atoms with Crippen LogP contribution >= 0.6 is 0 Å². The third-order valence-electron chi connectivity index (χ3n) is 2.10. The van der Waals surface area contributed by atoms with Crippen LogP contribution in [0.25, 0.3) is 0 Å². The second-order valence-corrected chi connectivity index (χ2v) is 3.43. The highest BCUT2D eigenvalue weighted by Gasteiger charge is 2.07. The number of ether oxygens (including phenoxy) is 1. The van der Waals surface area contributed by atoms with E-state index in [-0.39, 0.29) is 5.91 Å². The molecule has 6 heteroatoms. The molecule has 0 saturated carbocycles. The van der Waals surface area contributed by atoms with Crippen LogP contribution < -0.4 is 11.1 Å². The number of rotatable bonds is 8. The summed E-state index contributed by atoms with van der Waals surface area (Å²) in [6, 6.07) is 0. The normalized spacial score (nSPS) is 9.94. The van der Waals surface area contributed by atoms with Gasteiger partial charge in [-0.05, 0) is 6.42 Å². The number of carbonyl (C=O) groups excluding carboxylic acids is 1. The Hall–Kier alpha value is -1.82. The predicted octanol–water partition coefficient (Wildman–Crippen LogP) is 0.122. The molecule has 1 amide bonds. The quantitative estimate of drug-likeness (QED) is 0.498. The Bertz CT molecular complexity index is 362. The minimum atomic E-state index is -0.181. The van der Waals surface area contributed by atoms with Gasteiger partial charge in [-0.25, -0.2) is 4.98 Å². The number of hydrogen-bond acceptors (Lipinski definition) is 4. The Morgan fingerprint density at radius 2 is 2.53 bits per heavy atom. The van der Waals surface area contributed by atoms with Gasteiger partial charge in [0.15, 0.2) is 0 Å². The lowest BCUT2D eigenvalue weighted by Crippen LogP contribution is -2.25. The van der Waals surface area contributed by atoms with E-state index in [4.69, 9.17) is 10.5 Å². The van der Waals surface area contributed by atoms with Crippen LogP contribution in [0.4, 0.5) is 0 Å². The van der Waals surface area contributed by atoms with Crippen molar-refractivity contribution in [3.63, 3.8) is 0 Å². The van der Waals surface area contributed by atoms with Crippen LogP contribution in [0.15, 0.2) is 25.4 Å². The standard InChI is InChI=1S/C11H18N4O2/c1-2-17-7-3-5-13-11(16)10-8-15(6-4-12)9-14-10/h2,8-9H,1,3-7,12H2,(H,13,16). The summed E-state index contributed by atoms with van der Waals surface area (Å²) in [6.45, 7) is 5.71. The van der Waals surface area contributed by atoms with Gasteiger partial charge in [0.1, 0.15) is 5.69 Å². The Morgan fingerprint density at radius 1 is 1.71 bits per heavy atom. The molecule has 0 aliphatic rings. The summed E-state index contributed by atoms with van der Waals surface area (Å²) in [5.74, 6) is -0.181. The number of nitrogens with zero attached hydrogens (tertiary/aromatic N) is 2. The van der Waals surface area contributed by atoms with Gasteiger partial charge in [-0.2, -0.15) is 0 Å². The monoisotopic (exact) mass is 238 g/mol. The molecule has 0 saturated heterocycles. The van der Waals surface area contributed by atoms with Gasteiger partial charge in [0, 0.05) is 25.8 Å². The lowest BCUT2D eigenvalue weighted by molar-refractivity contribution is 0.0946. The molecule has 0 aliphatic carbocycles. The highest BCUT2D eigenvalue weighted by Crippen LogP contribution is 1.95. The molecule has 0 radical (unpaired) electrons. The molecule has 0 aromatic carbocycles. The third-order valence-corrected chi connectivity index (χ3v) is 2.10. The molecule has 1 aromatic heterocycles. The fourth-order valence-corrected chi connectivity index (χ4v) is 1.28. The van der Waals surface area contributed by atoms with Gasteiger partial charge in [-0.3, -0.25) is 4.79 Å². The Morgan fingerprint density at radius 3 is 3.24 bits per heavy atom. The van der Waals surface area contributed by atoms with Gasteiger partial charge in [0.2, 0.25) is 0 Å². The minimum absolute atomic E-state index is 0.181. The number of carbonyl (C=O) groups is 1. The molecule has 0 spiro atoms. The van der Waals surface area contributed by atoms with Crippen molar-refractivity contribution in [1.82, 2.24) is 14.9 Å². The summed E-state index contributed by atoms with van der Waals surface area (Å²) in [6.07, 6.45) is 5.41. The lowest BCUT2D eigenvalue weighted by Gasteiger charge is -2.02. The second-order valence-electron chi connectivity index (χ2n) is 3.43. The highest BCUT2D eigenvalue weighted by atomic mass is 16.5. The topological polar surface area (TPSA) is 82.2 Å². The molecule has 0 unspecified atom stereocenters. The molecule has 94 valence electrons. The number of nitrogens with one attached hydrogen (secondary N) is 1. The Balaban J connectivity index is 2.28. The highest BCUT2D eigenvalue weighted by molar-refractivity contribution is 5.91. The molecule has 1 heterocycles. The van der Waals surface area contributed by atoms with Crippen molar-refractivity contribution in [1.29, 1.82) is 0 Å².